The van der Waals surface area contributed by atoms with Crippen LogP contribution in [-0.2, 0) is 13.0 Å². The summed E-state index contributed by atoms with van der Waals surface area (Å²) in [4.78, 5) is 11.5. The van der Waals surface area contributed by atoms with E-state index in [1.807, 2.05) is 37.4 Å². The molecule has 0 saturated heterocycles. The average Bonchev–Trinajstić information content (AvgIpc) is 2.62. The van der Waals surface area contributed by atoms with Crippen LogP contribution in [-0.4, -0.2) is 30.7 Å². The predicted octanol–water partition coefficient (Wildman–Crippen LogP) is 2.78. The first-order chi connectivity index (χ1) is 11.7. The largest absolute Gasteiger partial charge is 0.497 e. The Morgan fingerprint density at radius 1 is 1.04 bits per heavy atom. The molecule has 5 heteroatoms. The topological polar surface area (TPSA) is 64.3 Å². The van der Waals surface area contributed by atoms with E-state index in [4.69, 9.17) is 15.5 Å². The van der Waals surface area contributed by atoms with Crippen LogP contribution in [0.15, 0.2) is 48.5 Å². The first-order valence-corrected chi connectivity index (χ1v) is 8.01. The van der Waals surface area contributed by atoms with Gasteiger partial charge in [-0.2, -0.15) is 0 Å². The van der Waals surface area contributed by atoms with E-state index in [9.17, 15) is 0 Å². The Balaban J connectivity index is 1.93. The van der Waals surface area contributed by atoms with E-state index in [0.717, 1.165) is 34.8 Å². The molecule has 3 aromatic rings. The zero-order valence-electron chi connectivity index (χ0n) is 14.1. The third-order valence-corrected chi connectivity index (χ3v) is 3.94. The number of para-hydroxylation sites is 1. The van der Waals surface area contributed by atoms with Crippen molar-refractivity contribution in [2.24, 2.45) is 5.73 Å². The van der Waals surface area contributed by atoms with E-state index < -0.39 is 0 Å². The summed E-state index contributed by atoms with van der Waals surface area (Å²) in [6.45, 7) is 1.30. The van der Waals surface area contributed by atoms with Crippen molar-refractivity contribution in [3.05, 3.63) is 59.9 Å². The predicted molar refractivity (Wildman–Crippen MR) is 97.4 cm³/mol. The van der Waals surface area contributed by atoms with Crippen molar-refractivity contribution >= 4 is 16.7 Å². The summed E-state index contributed by atoms with van der Waals surface area (Å²) in [6, 6.07) is 16.2. The van der Waals surface area contributed by atoms with Gasteiger partial charge in [-0.05, 0) is 36.4 Å². The Morgan fingerprint density at radius 3 is 2.50 bits per heavy atom. The van der Waals surface area contributed by atoms with E-state index in [1.54, 1.807) is 7.11 Å². The molecule has 0 bridgehead atoms. The summed E-state index contributed by atoms with van der Waals surface area (Å²) in [5.41, 5.74) is 7.82. The molecular formula is C19H22N4O. The van der Waals surface area contributed by atoms with Crippen LogP contribution in [0.25, 0.3) is 10.9 Å². The van der Waals surface area contributed by atoms with Crippen LogP contribution < -0.4 is 15.4 Å². The molecule has 1 heterocycles. The van der Waals surface area contributed by atoms with Crippen molar-refractivity contribution in [1.82, 2.24) is 9.97 Å². The van der Waals surface area contributed by atoms with Gasteiger partial charge in [0.15, 0.2) is 0 Å². The molecule has 0 amide bonds. The Labute approximate surface area is 142 Å². The molecule has 0 atom stereocenters. The lowest BCUT2D eigenvalue weighted by Crippen LogP contribution is -2.19. The van der Waals surface area contributed by atoms with Crippen LogP contribution in [0.2, 0.25) is 0 Å². The van der Waals surface area contributed by atoms with Crippen molar-refractivity contribution in [1.29, 1.82) is 0 Å². The number of anilines is 1. The first-order valence-electron chi connectivity index (χ1n) is 8.01. The van der Waals surface area contributed by atoms with E-state index in [2.05, 4.69) is 28.1 Å². The number of fused-ring (bicyclic) bond motifs is 1. The lowest BCUT2D eigenvalue weighted by Gasteiger charge is -2.21. The van der Waals surface area contributed by atoms with Crippen LogP contribution in [0.4, 0.5) is 5.82 Å². The van der Waals surface area contributed by atoms with Gasteiger partial charge in [-0.3, -0.25) is 0 Å². The summed E-state index contributed by atoms with van der Waals surface area (Å²) >= 11 is 0. The molecule has 0 fully saturated rings. The number of benzene rings is 2. The van der Waals surface area contributed by atoms with Gasteiger partial charge in [0.25, 0.3) is 0 Å². The Bertz CT molecular complexity index is 817. The number of aromatic nitrogens is 2. The summed E-state index contributed by atoms with van der Waals surface area (Å²) in [5, 5.41) is 1.05. The highest BCUT2D eigenvalue weighted by atomic mass is 16.5. The maximum Gasteiger partial charge on any atom is 0.140 e. The molecule has 0 aliphatic heterocycles. The molecule has 0 unspecified atom stereocenters. The molecule has 3 rings (SSSR count). The minimum Gasteiger partial charge on any atom is -0.497 e. The van der Waals surface area contributed by atoms with Gasteiger partial charge in [-0.15, -0.1) is 0 Å². The van der Waals surface area contributed by atoms with Crippen molar-refractivity contribution in [3.63, 3.8) is 0 Å². The number of ether oxygens (including phenoxy) is 1. The van der Waals surface area contributed by atoms with Gasteiger partial charge in [-0.25, -0.2) is 9.97 Å². The Kier molecular flexibility index (Phi) is 4.91. The molecule has 0 aliphatic carbocycles. The van der Waals surface area contributed by atoms with Crippen LogP contribution in [0.1, 0.15) is 11.4 Å². The molecule has 2 aromatic carbocycles. The zero-order chi connectivity index (χ0) is 16.9. The minimum absolute atomic E-state index is 0.542. The first kappa shape index (κ1) is 16.2. The van der Waals surface area contributed by atoms with Gasteiger partial charge in [0.1, 0.15) is 17.4 Å². The van der Waals surface area contributed by atoms with Crippen LogP contribution in [0.3, 0.4) is 0 Å². The summed E-state index contributed by atoms with van der Waals surface area (Å²) in [7, 11) is 3.72. The second-order valence-electron chi connectivity index (χ2n) is 5.72. The van der Waals surface area contributed by atoms with Gasteiger partial charge in [-0.1, -0.05) is 24.3 Å². The van der Waals surface area contributed by atoms with E-state index in [1.165, 1.54) is 5.56 Å². The van der Waals surface area contributed by atoms with Crippen molar-refractivity contribution < 1.29 is 4.74 Å². The van der Waals surface area contributed by atoms with Crippen molar-refractivity contribution in [3.8, 4) is 5.75 Å². The number of rotatable bonds is 6. The van der Waals surface area contributed by atoms with E-state index >= 15 is 0 Å². The zero-order valence-corrected chi connectivity index (χ0v) is 14.1. The highest BCUT2D eigenvalue weighted by Crippen LogP contribution is 2.24. The van der Waals surface area contributed by atoms with Gasteiger partial charge in [0.05, 0.1) is 12.6 Å². The molecule has 0 saturated carbocycles. The third-order valence-electron chi connectivity index (χ3n) is 3.94. The molecule has 2 N–H and O–H groups in total. The van der Waals surface area contributed by atoms with Gasteiger partial charge >= 0.3 is 0 Å². The van der Waals surface area contributed by atoms with Crippen LogP contribution in [0.5, 0.6) is 5.75 Å². The van der Waals surface area contributed by atoms with Crippen LogP contribution in [0, 0.1) is 0 Å². The van der Waals surface area contributed by atoms with Gasteiger partial charge in [0.2, 0.25) is 0 Å². The smallest absolute Gasteiger partial charge is 0.140 e. The van der Waals surface area contributed by atoms with Crippen molar-refractivity contribution in [2.75, 3.05) is 25.6 Å². The highest BCUT2D eigenvalue weighted by Gasteiger charge is 2.12. The number of hydrogen-bond donors (Lipinski definition) is 1. The molecule has 0 spiro atoms. The molecule has 124 valence electrons. The lowest BCUT2D eigenvalue weighted by molar-refractivity contribution is 0.414. The number of methoxy groups -OCH3 is 1. The second kappa shape index (κ2) is 7.27. The van der Waals surface area contributed by atoms with E-state index in [0.29, 0.717) is 13.0 Å². The molecule has 24 heavy (non-hydrogen) atoms. The monoisotopic (exact) mass is 322 g/mol. The Morgan fingerprint density at radius 2 is 1.79 bits per heavy atom. The SMILES string of the molecule is COc1ccc(CN(C)c2nc(CCN)nc3ccccc23)cc1. The van der Waals surface area contributed by atoms with Crippen LogP contribution >= 0.6 is 0 Å². The number of nitrogens with two attached hydrogens (primary N) is 1. The molecule has 0 radical (unpaired) electrons. The van der Waals surface area contributed by atoms with Gasteiger partial charge < -0.3 is 15.4 Å². The molecule has 0 aliphatic rings. The summed E-state index contributed by atoms with van der Waals surface area (Å²) in [6.07, 6.45) is 0.675. The fraction of sp³-hybridized carbons (Fsp3) is 0.263. The average molecular weight is 322 g/mol. The summed E-state index contributed by atoms with van der Waals surface area (Å²) < 4.78 is 5.21. The quantitative estimate of drug-likeness (QED) is 0.756. The molecule has 5 nitrogen and oxygen atoms in total. The van der Waals surface area contributed by atoms with Crippen molar-refractivity contribution in [2.45, 2.75) is 13.0 Å². The maximum atomic E-state index is 5.68. The fourth-order valence-electron chi connectivity index (χ4n) is 2.72. The van der Waals surface area contributed by atoms with E-state index in [-0.39, 0.29) is 0 Å². The second-order valence-corrected chi connectivity index (χ2v) is 5.72. The summed E-state index contributed by atoms with van der Waals surface area (Å²) in [5.74, 6) is 2.58. The third kappa shape index (κ3) is 3.46. The highest BCUT2D eigenvalue weighted by molar-refractivity contribution is 5.89. The normalized spacial score (nSPS) is 10.8. The maximum absolute atomic E-state index is 5.68. The fourth-order valence-corrected chi connectivity index (χ4v) is 2.72. The minimum atomic E-state index is 0.542. The number of nitrogens with zero attached hydrogens (tertiary/aromatic N) is 3. The standard InChI is InChI=1S/C19H22N4O/c1-23(13-14-7-9-15(24-2)10-8-14)19-16-5-3-4-6-17(16)21-18(22-19)11-12-20/h3-10H,11-13,20H2,1-2H3. The van der Waals surface area contributed by atoms with Gasteiger partial charge in [0, 0.05) is 25.4 Å². The number of hydrogen-bond acceptors (Lipinski definition) is 5. The Hall–Kier alpha value is -2.66. The molecular weight excluding hydrogens is 300 g/mol. The molecule has 1 aromatic heterocycles. The lowest BCUT2D eigenvalue weighted by atomic mass is 10.2.